The number of amides is 1. The second-order valence-corrected chi connectivity index (χ2v) is 21.3. The number of phosphoric ester groups is 1. The van der Waals surface area contributed by atoms with Crippen LogP contribution in [0.1, 0.15) is 245 Å². The second-order valence-electron chi connectivity index (χ2n) is 19.9. The number of aliphatic hydroxyl groups is 1. The highest BCUT2D eigenvalue weighted by Crippen LogP contribution is 2.38. The van der Waals surface area contributed by atoms with E-state index < -0.39 is 26.6 Å². The van der Waals surface area contributed by atoms with Crippen LogP contribution in [0.2, 0.25) is 0 Å². The largest absolute Gasteiger partial charge is 0.756 e. The van der Waals surface area contributed by atoms with Crippen LogP contribution < -0.4 is 10.2 Å². The molecule has 0 radical (unpaired) electrons. The fourth-order valence-corrected chi connectivity index (χ4v) is 8.53. The van der Waals surface area contributed by atoms with Gasteiger partial charge in [-0.25, -0.2) is 0 Å². The molecule has 0 aliphatic rings. The van der Waals surface area contributed by atoms with Gasteiger partial charge in [-0.2, -0.15) is 0 Å². The average Bonchev–Trinajstić information content (AvgIpc) is 3.28. The Hall–Kier alpha value is -1.80. The first kappa shape index (κ1) is 64.2. The van der Waals surface area contributed by atoms with Crippen LogP contribution in [0.3, 0.4) is 0 Å². The summed E-state index contributed by atoms with van der Waals surface area (Å²) in [5.74, 6) is -0.213. The molecule has 2 N–H and O–H groups in total. The van der Waals surface area contributed by atoms with E-state index in [4.69, 9.17) is 9.05 Å². The zero-order valence-electron chi connectivity index (χ0n) is 43.9. The van der Waals surface area contributed by atoms with E-state index in [1.54, 1.807) is 6.08 Å². The molecule has 0 saturated heterocycles. The van der Waals surface area contributed by atoms with Crippen LogP contribution in [-0.2, 0) is 18.4 Å². The molecular weight excluding hydrogens is 840 g/mol. The molecule has 386 valence electrons. The third-order valence-electron chi connectivity index (χ3n) is 12.2. The van der Waals surface area contributed by atoms with Gasteiger partial charge in [-0.3, -0.25) is 9.36 Å². The minimum absolute atomic E-state index is 0.0106. The standard InChI is InChI=1S/C57H107N2O6P/c1-6-8-10-12-14-16-18-20-22-23-24-25-26-27-28-29-30-31-32-33-34-35-37-39-41-43-45-47-49-51-57(61)58-55(54-65-66(62,63)64-53-52-59(3,4)5)56(60)50-48-46-44-42-40-38-36-21-19-17-15-13-11-9-7-2/h19,21,24-25,27-28,40,42,48,50,55-56,60H,6-18,20,22-23,26,29-39,41,43-47,49,51-54H2,1-5H3,(H-,58,61,62,63)/b21-19+,25-24-,28-27-,42-40+,50-48+. The van der Waals surface area contributed by atoms with Crippen molar-refractivity contribution < 1.29 is 32.9 Å². The Morgan fingerprint density at radius 3 is 1.32 bits per heavy atom. The van der Waals surface area contributed by atoms with Crippen LogP contribution in [0.5, 0.6) is 0 Å². The molecule has 66 heavy (non-hydrogen) atoms. The van der Waals surface area contributed by atoms with Gasteiger partial charge in [0.2, 0.25) is 5.91 Å². The number of hydrogen-bond donors (Lipinski definition) is 2. The highest BCUT2D eigenvalue weighted by Gasteiger charge is 2.23. The number of phosphoric acid groups is 1. The summed E-state index contributed by atoms with van der Waals surface area (Å²) >= 11 is 0. The number of rotatable bonds is 50. The number of unbranched alkanes of at least 4 members (excludes halogenated alkanes) is 29. The number of likely N-dealkylation sites (N-methyl/N-ethyl adjacent to an activating group) is 1. The molecule has 3 unspecified atom stereocenters. The van der Waals surface area contributed by atoms with E-state index in [-0.39, 0.29) is 12.5 Å². The van der Waals surface area contributed by atoms with Crippen molar-refractivity contribution in [2.45, 2.75) is 257 Å². The highest BCUT2D eigenvalue weighted by molar-refractivity contribution is 7.45. The SMILES string of the molecule is CCCCCCC/C=C/CC/C=C/CC/C=C/C(O)C(COP(=O)([O-])OCC[N+](C)(C)C)NC(=O)CCCCCCCCCCCCCCC/C=C\C/C=C\CCCCCCCCCCC. The molecule has 0 aliphatic carbocycles. The van der Waals surface area contributed by atoms with E-state index in [0.717, 1.165) is 51.4 Å². The van der Waals surface area contributed by atoms with Crippen molar-refractivity contribution in [1.82, 2.24) is 5.32 Å². The van der Waals surface area contributed by atoms with Crippen molar-refractivity contribution in [3.05, 3.63) is 60.8 Å². The minimum Gasteiger partial charge on any atom is -0.756 e. The van der Waals surface area contributed by atoms with E-state index in [1.807, 2.05) is 27.2 Å². The number of aliphatic hydroxyl groups excluding tert-OH is 1. The van der Waals surface area contributed by atoms with Crippen LogP contribution >= 0.6 is 7.82 Å². The minimum atomic E-state index is -4.61. The van der Waals surface area contributed by atoms with Crippen molar-refractivity contribution in [2.24, 2.45) is 0 Å². The number of nitrogens with zero attached hydrogens (tertiary/aromatic N) is 1. The van der Waals surface area contributed by atoms with Gasteiger partial charge >= 0.3 is 0 Å². The molecule has 0 heterocycles. The summed E-state index contributed by atoms with van der Waals surface area (Å²) in [5.41, 5.74) is 0. The summed E-state index contributed by atoms with van der Waals surface area (Å²) < 4.78 is 23.3. The summed E-state index contributed by atoms with van der Waals surface area (Å²) in [6, 6.07) is -0.911. The molecule has 0 aromatic heterocycles. The molecule has 0 bridgehead atoms. The fraction of sp³-hybridized carbons (Fsp3) is 0.807. The van der Waals surface area contributed by atoms with E-state index in [2.05, 4.69) is 67.8 Å². The molecule has 0 spiro atoms. The first-order valence-electron chi connectivity index (χ1n) is 27.7. The second kappa shape index (κ2) is 48.2. The van der Waals surface area contributed by atoms with Gasteiger partial charge in [-0.15, -0.1) is 0 Å². The maximum Gasteiger partial charge on any atom is 0.268 e. The van der Waals surface area contributed by atoms with Crippen molar-refractivity contribution in [3.63, 3.8) is 0 Å². The van der Waals surface area contributed by atoms with Gasteiger partial charge in [0.25, 0.3) is 7.82 Å². The first-order valence-corrected chi connectivity index (χ1v) is 29.1. The third kappa shape index (κ3) is 50.1. The quantitative estimate of drug-likeness (QED) is 0.0272. The van der Waals surface area contributed by atoms with Crippen molar-refractivity contribution in [2.75, 3.05) is 40.9 Å². The predicted octanol–water partition coefficient (Wildman–Crippen LogP) is 15.9. The molecule has 0 fully saturated rings. The molecule has 9 heteroatoms. The van der Waals surface area contributed by atoms with Gasteiger partial charge in [0.15, 0.2) is 0 Å². The van der Waals surface area contributed by atoms with Gasteiger partial charge in [-0.05, 0) is 77.0 Å². The maximum atomic E-state index is 12.9. The van der Waals surface area contributed by atoms with Crippen LogP contribution in [0.4, 0.5) is 0 Å². The lowest BCUT2D eigenvalue weighted by molar-refractivity contribution is -0.870. The van der Waals surface area contributed by atoms with Crippen LogP contribution in [-0.4, -0.2) is 68.5 Å². The maximum absolute atomic E-state index is 12.9. The van der Waals surface area contributed by atoms with Crippen LogP contribution in [0.25, 0.3) is 0 Å². The van der Waals surface area contributed by atoms with Gasteiger partial charge in [0.05, 0.1) is 39.9 Å². The molecule has 0 rings (SSSR count). The fourth-order valence-electron chi connectivity index (χ4n) is 7.80. The third-order valence-corrected chi connectivity index (χ3v) is 13.1. The summed E-state index contributed by atoms with van der Waals surface area (Å²) in [7, 11) is 1.23. The Bertz CT molecular complexity index is 1260. The number of nitrogens with one attached hydrogen (secondary N) is 1. The smallest absolute Gasteiger partial charge is 0.268 e. The summed E-state index contributed by atoms with van der Waals surface area (Å²) in [4.78, 5) is 25.4. The average molecular weight is 947 g/mol. The van der Waals surface area contributed by atoms with Gasteiger partial charge in [0, 0.05) is 6.42 Å². The summed E-state index contributed by atoms with van der Waals surface area (Å²) in [6.07, 6.45) is 64.4. The Morgan fingerprint density at radius 1 is 0.530 bits per heavy atom. The zero-order valence-corrected chi connectivity index (χ0v) is 44.8. The highest BCUT2D eigenvalue weighted by atomic mass is 31.2. The molecule has 0 aromatic carbocycles. The van der Waals surface area contributed by atoms with Gasteiger partial charge in [0.1, 0.15) is 13.2 Å². The van der Waals surface area contributed by atoms with Crippen molar-refractivity contribution in [3.8, 4) is 0 Å². The monoisotopic (exact) mass is 947 g/mol. The van der Waals surface area contributed by atoms with E-state index in [9.17, 15) is 19.4 Å². The normalized spacial score (nSPS) is 14.5. The summed E-state index contributed by atoms with van der Waals surface area (Å²) in [5, 5.41) is 13.8. The molecule has 0 aliphatic heterocycles. The number of carbonyl (C=O) groups is 1. The Morgan fingerprint density at radius 2 is 0.894 bits per heavy atom. The molecule has 0 aromatic rings. The van der Waals surface area contributed by atoms with Crippen molar-refractivity contribution in [1.29, 1.82) is 0 Å². The Balaban J connectivity index is 4.19. The number of quaternary nitrogens is 1. The van der Waals surface area contributed by atoms with E-state index in [0.29, 0.717) is 17.4 Å². The Labute approximate surface area is 409 Å². The molecule has 0 saturated carbocycles. The zero-order chi connectivity index (χ0) is 48.5. The van der Waals surface area contributed by atoms with Crippen LogP contribution in [0, 0.1) is 0 Å². The van der Waals surface area contributed by atoms with Gasteiger partial charge in [-0.1, -0.05) is 222 Å². The molecule has 3 atom stereocenters. The van der Waals surface area contributed by atoms with Crippen LogP contribution in [0.15, 0.2) is 60.8 Å². The van der Waals surface area contributed by atoms with Crippen molar-refractivity contribution >= 4 is 13.7 Å². The number of carbonyl (C=O) groups excluding carboxylic acids is 1. The topological polar surface area (TPSA) is 108 Å². The lowest BCUT2D eigenvalue weighted by atomic mass is 10.0. The van der Waals surface area contributed by atoms with Gasteiger partial charge < -0.3 is 28.8 Å². The Kier molecular flexibility index (Phi) is 46.9. The number of hydrogen-bond acceptors (Lipinski definition) is 6. The number of allylic oxidation sites excluding steroid dienone is 9. The molecule has 8 nitrogen and oxygen atoms in total. The van der Waals surface area contributed by atoms with E-state index in [1.165, 1.54) is 173 Å². The van der Waals surface area contributed by atoms with E-state index >= 15 is 0 Å². The molecular formula is C57H107N2O6P. The lowest BCUT2D eigenvalue weighted by Crippen LogP contribution is -2.45. The molecule has 1 amide bonds. The first-order chi connectivity index (χ1) is 32.0. The lowest BCUT2D eigenvalue weighted by Gasteiger charge is -2.29. The summed E-state index contributed by atoms with van der Waals surface area (Å²) in [6.45, 7) is 4.61. The predicted molar refractivity (Wildman–Crippen MR) is 284 cm³/mol.